The fraction of sp³-hybridized carbons (Fsp3) is 0.133. The molecule has 19 heavy (non-hydrogen) atoms. The number of ether oxygens (including phenoxy) is 2. The zero-order valence-electron chi connectivity index (χ0n) is 10.6. The van der Waals surface area contributed by atoms with Gasteiger partial charge in [-0.3, -0.25) is 4.79 Å². The molecule has 98 valence electrons. The van der Waals surface area contributed by atoms with Crippen LogP contribution in [0.5, 0.6) is 11.5 Å². The number of rotatable bonds is 4. The molecular formula is C15H13ClO3. The van der Waals surface area contributed by atoms with Gasteiger partial charge in [-0.2, -0.15) is 0 Å². The van der Waals surface area contributed by atoms with E-state index in [1.165, 1.54) is 7.11 Å². The quantitative estimate of drug-likeness (QED) is 0.796. The van der Waals surface area contributed by atoms with E-state index in [2.05, 4.69) is 0 Å². The van der Waals surface area contributed by atoms with Crippen LogP contribution >= 0.6 is 11.6 Å². The van der Waals surface area contributed by atoms with Crippen molar-refractivity contribution >= 4 is 17.9 Å². The van der Waals surface area contributed by atoms with Crippen LogP contribution in [0.25, 0.3) is 11.1 Å². The van der Waals surface area contributed by atoms with Crippen molar-refractivity contribution in [3.63, 3.8) is 0 Å². The van der Waals surface area contributed by atoms with Crippen LogP contribution in [-0.4, -0.2) is 20.5 Å². The van der Waals surface area contributed by atoms with Gasteiger partial charge in [-0.15, -0.1) is 0 Å². The molecule has 0 aliphatic heterocycles. The first kappa shape index (κ1) is 13.4. The van der Waals surface area contributed by atoms with E-state index in [1.807, 2.05) is 12.1 Å². The molecule has 0 aliphatic rings. The van der Waals surface area contributed by atoms with Crippen molar-refractivity contribution in [3.05, 3.63) is 47.0 Å². The van der Waals surface area contributed by atoms with Crippen molar-refractivity contribution in [3.8, 4) is 22.6 Å². The number of benzene rings is 2. The summed E-state index contributed by atoms with van der Waals surface area (Å²) in [6, 6.07) is 10.7. The van der Waals surface area contributed by atoms with Crippen LogP contribution in [0.2, 0.25) is 5.02 Å². The highest BCUT2D eigenvalue weighted by Crippen LogP contribution is 2.35. The first-order chi connectivity index (χ1) is 9.19. The van der Waals surface area contributed by atoms with Gasteiger partial charge in [0.1, 0.15) is 0 Å². The maximum absolute atomic E-state index is 11.2. The van der Waals surface area contributed by atoms with E-state index in [1.54, 1.807) is 31.4 Å². The molecule has 2 rings (SSSR count). The summed E-state index contributed by atoms with van der Waals surface area (Å²) >= 11 is 5.86. The highest BCUT2D eigenvalue weighted by molar-refractivity contribution is 6.30. The minimum absolute atomic E-state index is 0.530. The van der Waals surface area contributed by atoms with E-state index in [-0.39, 0.29) is 0 Å². The molecule has 0 amide bonds. The molecule has 0 saturated carbocycles. The van der Waals surface area contributed by atoms with Crippen LogP contribution in [0.15, 0.2) is 36.4 Å². The third kappa shape index (κ3) is 2.71. The number of aldehydes is 1. The summed E-state index contributed by atoms with van der Waals surface area (Å²) in [4.78, 5) is 11.2. The molecule has 0 fully saturated rings. The third-order valence-electron chi connectivity index (χ3n) is 2.84. The maximum Gasteiger partial charge on any atom is 0.161 e. The summed E-state index contributed by atoms with van der Waals surface area (Å²) in [5.74, 6) is 1.11. The summed E-state index contributed by atoms with van der Waals surface area (Å²) < 4.78 is 10.4. The molecule has 0 spiro atoms. The first-order valence-electron chi connectivity index (χ1n) is 5.66. The van der Waals surface area contributed by atoms with Crippen molar-refractivity contribution in [2.45, 2.75) is 0 Å². The van der Waals surface area contributed by atoms with Gasteiger partial charge in [0.25, 0.3) is 0 Å². The average Bonchev–Trinajstić information content (AvgIpc) is 2.46. The highest BCUT2D eigenvalue weighted by atomic mass is 35.5. The second-order valence-electron chi connectivity index (χ2n) is 3.92. The Bertz CT molecular complexity index is 591. The predicted octanol–water partition coefficient (Wildman–Crippen LogP) is 3.84. The normalized spacial score (nSPS) is 10.1. The van der Waals surface area contributed by atoms with Gasteiger partial charge in [0.15, 0.2) is 17.8 Å². The van der Waals surface area contributed by atoms with Crippen molar-refractivity contribution in [1.29, 1.82) is 0 Å². The molecule has 0 heterocycles. The molecule has 4 heteroatoms. The largest absolute Gasteiger partial charge is 0.493 e. The molecule has 2 aromatic carbocycles. The number of hydrogen-bond donors (Lipinski definition) is 0. The second-order valence-corrected chi connectivity index (χ2v) is 4.36. The Morgan fingerprint density at radius 1 is 1.00 bits per heavy atom. The number of hydrogen-bond acceptors (Lipinski definition) is 3. The van der Waals surface area contributed by atoms with Gasteiger partial charge in [-0.1, -0.05) is 23.7 Å². The van der Waals surface area contributed by atoms with Crippen LogP contribution in [0.3, 0.4) is 0 Å². The monoisotopic (exact) mass is 276 g/mol. The fourth-order valence-electron chi connectivity index (χ4n) is 1.87. The molecule has 0 saturated heterocycles. The summed E-state index contributed by atoms with van der Waals surface area (Å²) in [6.07, 6.45) is 0.798. The van der Waals surface area contributed by atoms with E-state index in [0.717, 1.165) is 17.4 Å². The topological polar surface area (TPSA) is 35.5 Å². The average molecular weight is 277 g/mol. The van der Waals surface area contributed by atoms with Gasteiger partial charge in [0.05, 0.1) is 14.2 Å². The van der Waals surface area contributed by atoms with Gasteiger partial charge in [-0.05, 0) is 35.4 Å². The number of halogens is 1. The van der Waals surface area contributed by atoms with Gasteiger partial charge < -0.3 is 9.47 Å². The summed E-state index contributed by atoms with van der Waals surface area (Å²) in [5, 5.41) is 0.650. The summed E-state index contributed by atoms with van der Waals surface area (Å²) in [7, 11) is 3.10. The van der Waals surface area contributed by atoms with E-state index in [0.29, 0.717) is 22.1 Å². The molecule has 0 aliphatic carbocycles. The Hall–Kier alpha value is -2.00. The number of methoxy groups -OCH3 is 2. The maximum atomic E-state index is 11.2. The summed E-state index contributed by atoms with van der Waals surface area (Å²) in [5.41, 5.74) is 2.22. The standard InChI is InChI=1S/C15H13ClO3/c1-18-14-7-11(9-17)13(8-15(14)19-2)10-3-5-12(16)6-4-10/h3-9H,1-2H3. The van der Waals surface area contributed by atoms with Gasteiger partial charge >= 0.3 is 0 Å². The Morgan fingerprint density at radius 2 is 1.58 bits per heavy atom. The SMILES string of the molecule is COc1cc(C=O)c(-c2ccc(Cl)cc2)cc1OC. The molecule has 0 N–H and O–H groups in total. The molecule has 0 atom stereocenters. The molecule has 3 nitrogen and oxygen atoms in total. The van der Waals surface area contributed by atoms with E-state index >= 15 is 0 Å². The molecule has 0 radical (unpaired) electrons. The van der Waals surface area contributed by atoms with Crippen LogP contribution in [0.4, 0.5) is 0 Å². The molecule has 0 unspecified atom stereocenters. The molecule has 2 aromatic rings. The fourth-order valence-corrected chi connectivity index (χ4v) is 2.00. The summed E-state index contributed by atoms with van der Waals surface area (Å²) in [6.45, 7) is 0. The minimum atomic E-state index is 0.530. The predicted molar refractivity (Wildman–Crippen MR) is 75.4 cm³/mol. The lowest BCUT2D eigenvalue weighted by Crippen LogP contribution is -1.95. The lowest BCUT2D eigenvalue weighted by Gasteiger charge is -2.12. The van der Waals surface area contributed by atoms with Crippen LogP contribution in [-0.2, 0) is 0 Å². The molecule has 0 bridgehead atoms. The highest BCUT2D eigenvalue weighted by Gasteiger charge is 2.12. The van der Waals surface area contributed by atoms with Gasteiger partial charge in [0, 0.05) is 10.6 Å². The lowest BCUT2D eigenvalue weighted by molar-refractivity contribution is 0.112. The van der Waals surface area contributed by atoms with Crippen molar-refractivity contribution < 1.29 is 14.3 Å². The lowest BCUT2D eigenvalue weighted by atomic mass is 9.99. The van der Waals surface area contributed by atoms with Crippen molar-refractivity contribution in [1.82, 2.24) is 0 Å². The van der Waals surface area contributed by atoms with Crippen LogP contribution in [0.1, 0.15) is 10.4 Å². The zero-order chi connectivity index (χ0) is 13.8. The van der Waals surface area contributed by atoms with Gasteiger partial charge in [-0.25, -0.2) is 0 Å². The van der Waals surface area contributed by atoms with E-state index in [4.69, 9.17) is 21.1 Å². The smallest absolute Gasteiger partial charge is 0.161 e. The first-order valence-corrected chi connectivity index (χ1v) is 6.04. The molecular weight excluding hydrogens is 264 g/mol. The minimum Gasteiger partial charge on any atom is -0.493 e. The Kier molecular flexibility index (Phi) is 4.07. The second kappa shape index (κ2) is 5.76. The number of carbonyl (C=O) groups excluding carboxylic acids is 1. The Balaban J connectivity index is 2.61. The number of carbonyl (C=O) groups is 1. The van der Waals surface area contributed by atoms with Crippen molar-refractivity contribution in [2.75, 3.05) is 14.2 Å². The van der Waals surface area contributed by atoms with Crippen molar-refractivity contribution in [2.24, 2.45) is 0 Å². The van der Waals surface area contributed by atoms with E-state index in [9.17, 15) is 4.79 Å². The van der Waals surface area contributed by atoms with Crippen LogP contribution in [0, 0.1) is 0 Å². The van der Waals surface area contributed by atoms with Crippen LogP contribution < -0.4 is 9.47 Å². The van der Waals surface area contributed by atoms with Gasteiger partial charge in [0.2, 0.25) is 0 Å². The Labute approximate surface area is 116 Å². The third-order valence-corrected chi connectivity index (χ3v) is 3.09. The Morgan fingerprint density at radius 3 is 2.11 bits per heavy atom. The zero-order valence-corrected chi connectivity index (χ0v) is 11.4. The molecule has 0 aromatic heterocycles. The van der Waals surface area contributed by atoms with E-state index < -0.39 is 0 Å².